The topological polar surface area (TPSA) is 84.2 Å². The molecule has 1 aromatic rings. The summed E-state index contributed by atoms with van der Waals surface area (Å²) in [7, 11) is 0. The fraction of sp³-hybridized carbons (Fsp3) is 0.467. The summed E-state index contributed by atoms with van der Waals surface area (Å²) in [5.74, 6) is -0.467. The molecule has 0 saturated heterocycles. The molecule has 1 aliphatic carbocycles. The van der Waals surface area contributed by atoms with E-state index in [1.807, 2.05) is 6.92 Å². The molecule has 0 aliphatic heterocycles. The van der Waals surface area contributed by atoms with Crippen LogP contribution in [0.25, 0.3) is 0 Å². The number of nitrogens with one attached hydrogen (secondary N) is 2. The number of benzene rings is 1. The third kappa shape index (κ3) is 4.12. The molecule has 0 aromatic heterocycles. The summed E-state index contributed by atoms with van der Waals surface area (Å²) in [5.41, 5.74) is 6.18. The van der Waals surface area contributed by atoms with Gasteiger partial charge in [-0.2, -0.15) is 0 Å². The highest BCUT2D eigenvalue weighted by molar-refractivity contribution is 6.34. The van der Waals surface area contributed by atoms with Gasteiger partial charge in [0.15, 0.2) is 0 Å². The predicted molar refractivity (Wildman–Crippen MR) is 90.7 cm³/mol. The lowest BCUT2D eigenvalue weighted by atomic mass is 9.98. The lowest BCUT2D eigenvalue weighted by Gasteiger charge is -2.22. The van der Waals surface area contributed by atoms with E-state index in [-0.39, 0.29) is 24.2 Å². The Morgan fingerprint density at radius 1 is 1.32 bits per heavy atom. The molecule has 122 valence electrons. The number of amides is 2. The van der Waals surface area contributed by atoms with Crippen LogP contribution >= 0.6 is 24.0 Å². The Balaban J connectivity index is 0.00000242. The van der Waals surface area contributed by atoms with Crippen molar-refractivity contribution >= 4 is 41.5 Å². The number of anilines is 1. The molecular formula is C15H21Cl2N3O2. The van der Waals surface area contributed by atoms with Crippen LogP contribution in [0.1, 0.15) is 43.0 Å². The smallest absolute Gasteiger partial charge is 0.252 e. The average Bonchev–Trinajstić information content (AvgIpc) is 2.89. The van der Waals surface area contributed by atoms with Crippen molar-refractivity contribution in [2.75, 3.05) is 11.9 Å². The zero-order valence-corrected chi connectivity index (χ0v) is 14.0. The van der Waals surface area contributed by atoms with Gasteiger partial charge in [-0.3, -0.25) is 9.59 Å². The van der Waals surface area contributed by atoms with Crippen molar-refractivity contribution in [1.29, 1.82) is 0 Å². The standard InChI is InChI=1S/C15H20ClN3O2.ClH/c1-2-18-13(20)11-9-10(5-6-12(11)16)19-14(21)15(17)7-3-4-8-15;/h5-6,9H,2-4,7-8,17H2,1H3,(H,18,20)(H,19,21);1H. The molecule has 7 heteroatoms. The maximum atomic E-state index is 12.3. The number of hydrogen-bond donors (Lipinski definition) is 3. The van der Waals surface area contributed by atoms with E-state index in [0.29, 0.717) is 35.7 Å². The second kappa shape index (κ2) is 7.81. The maximum Gasteiger partial charge on any atom is 0.252 e. The first-order chi connectivity index (χ1) is 9.96. The Morgan fingerprint density at radius 2 is 1.95 bits per heavy atom. The van der Waals surface area contributed by atoms with Crippen LogP contribution in [0.3, 0.4) is 0 Å². The first-order valence-electron chi connectivity index (χ1n) is 7.14. The second-order valence-corrected chi connectivity index (χ2v) is 5.78. The van der Waals surface area contributed by atoms with Crippen molar-refractivity contribution in [3.8, 4) is 0 Å². The molecule has 0 spiro atoms. The van der Waals surface area contributed by atoms with Gasteiger partial charge in [-0.15, -0.1) is 12.4 Å². The number of carbonyl (C=O) groups is 2. The summed E-state index contributed by atoms with van der Waals surface area (Å²) in [4.78, 5) is 24.1. The highest BCUT2D eigenvalue weighted by Gasteiger charge is 2.37. The van der Waals surface area contributed by atoms with E-state index in [0.717, 1.165) is 12.8 Å². The average molecular weight is 346 g/mol. The van der Waals surface area contributed by atoms with Gasteiger partial charge < -0.3 is 16.4 Å². The highest BCUT2D eigenvalue weighted by Crippen LogP contribution is 2.29. The van der Waals surface area contributed by atoms with Crippen molar-refractivity contribution in [2.45, 2.75) is 38.1 Å². The van der Waals surface area contributed by atoms with E-state index in [2.05, 4.69) is 10.6 Å². The van der Waals surface area contributed by atoms with E-state index in [1.54, 1.807) is 18.2 Å². The van der Waals surface area contributed by atoms with Crippen LogP contribution in [0.5, 0.6) is 0 Å². The van der Waals surface area contributed by atoms with Crippen molar-refractivity contribution in [3.05, 3.63) is 28.8 Å². The predicted octanol–water partition coefficient (Wildman–Crippen LogP) is 2.72. The minimum atomic E-state index is -0.800. The summed E-state index contributed by atoms with van der Waals surface area (Å²) < 4.78 is 0. The molecule has 4 N–H and O–H groups in total. The highest BCUT2D eigenvalue weighted by atomic mass is 35.5. The molecule has 1 saturated carbocycles. The molecule has 2 rings (SSSR count). The molecule has 1 aromatic carbocycles. The number of hydrogen-bond acceptors (Lipinski definition) is 3. The van der Waals surface area contributed by atoms with Crippen LogP contribution in [-0.2, 0) is 4.79 Å². The Hall–Kier alpha value is -1.30. The van der Waals surface area contributed by atoms with Gasteiger partial charge in [-0.25, -0.2) is 0 Å². The van der Waals surface area contributed by atoms with Crippen molar-refractivity contribution in [1.82, 2.24) is 5.32 Å². The molecular weight excluding hydrogens is 325 g/mol. The number of halogens is 2. The Labute approximate surface area is 141 Å². The molecule has 0 unspecified atom stereocenters. The van der Waals surface area contributed by atoms with Gasteiger partial charge >= 0.3 is 0 Å². The van der Waals surface area contributed by atoms with E-state index in [1.165, 1.54) is 0 Å². The van der Waals surface area contributed by atoms with Crippen LogP contribution in [0.15, 0.2) is 18.2 Å². The minimum Gasteiger partial charge on any atom is -0.352 e. The summed E-state index contributed by atoms with van der Waals surface area (Å²) in [5, 5.41) is 5.82. The number of carbonyl (C=O) groups excluding carboxylic acids is 2. The summed E-state index contributed by atoms with van der Waals surface area (Å²) >= 11 is 6.02. The zero-order chi connectivity index (χ0) is 15.5. The monoisotopic (exact) mass is 345 g/mol. The van der Waals surface area contributed by atoms with Crippen LogP contribution < -0.4 is 16.4 Å². The summed E-state index contributed by atoms with van der Waals surface area (Å²) in [6.07, 6.45) is 3.31. The zero-order valence-electron chi connectivity index (χ0n) is 12.4. The molecule has 0 atom stereocenters. The Kier molecular flexibility index (Phi) is 6.66. The van der Waals surface area contributed by atoms with Crippen LogP contribution in [0, 0.1) is 0 Å². The molecule has 0 bridgehead atoms. The molecule has 5 nitrogen and oxygen atoms in total. The molecule has 2 amide bonds. The Bertz CT molecular complexity index is 558. The molecule has 1 fully saturated rings. The van der Waals surface area contributed by atoms with Crippen LogP contribution in [0.4, 0.5) is 5.69 Å². The van der Waals surface area contributed by atoms with Gasteiger partial charge in [0.2, 0.25) is 5.91 Å². The third-order valence-corrected chi connectivity index (χ3v) is 4.08. The largest absolute Gasteiger partial charge is 0.352 e. The van der Waals surface area contributed by atoms with Gasteiger partial charge in [0.1, 0.15) is 0 Å². The fourth-order valence-corrected chi connectivity index (χ4v) is 2.72. The number of nitrogens with two attached hydrogens (primary N) is 1. The van der Waals surface area contributed by atoms with Gasteiger partial charge in [-0.05, 0) is 38.0 Å². The van der Waals surface area contributed by atoms with Crippen molar-refractivity contribution in [3.63, 3.8) is 0 Å². The van der Waals surface area contributed by atoms with E-state index >= 15 is 0 Å². The van der Waals surface area contributed by atoms with Crippen LogP contribution in [0.2, 0.25) is 5.02 Å². The fourth-order valence-electron chi connectivity index (χ4n) is 2.52. The maximum absolute atomic E-state index is 12.3. The first-order valence-corrected chi connectivity index (χ1v) is 7.52. The molecule has 0 radical (unpaired) electrons. The van der Waals surface area contributed by atoms with Gasteiger partial charge in [-0.1, -0.05) is 24.4 Å². The quantitative estimate of drug-likeness (QED) is 0.784. The number of rotatable bonds is 4. The lowest BCUT2D eigenvalue weighted by Crippen LogP contribution is -2.48. The van der Waals surface area contributed by atoms with Crippen LogP contribution in [-0.4, -0.2) is 23.9 Å². The summed E-state index contributed by atoms with van der Waals surface area (Å²) in [6.45, 7) is 2.34. The molecule has 0 heterocycles. The van der Waals surface area contributed by atoms with E-state index in [9.17, 15) is 9.59 Å². The molecule has 1 aliphatic rings. The lowest BCUT2D eigenvalue weighted by molar-refractivity contribution is -0.121. The van der Waals surface area contributed by atoms with Gasteiger partial charge in [0.05, 0.1) is 16.1 Å². The Morgan fingerprint density at radius 3 is 2.55 bits per heavy atom. The second-order valence-electron chi connectivity index (χ2n) is 5.37. The third-order valence-electron chi connectivity index (χ3n) is 3.75. The van der Waals surface area contributed by atoms with Crippen molar-refractivity contribution in [2.24, 2.45) is 5.73 Å². The SMILES string of the molecule is CCNC(=O)c1cc(NC(=O)C2(N)CCCC2)ccc1Cl.Cl. The molecule has 22 heavy (non-hydrogen) atoms. The van der Waals surface area contributed by atoms with Gasteiger partial charge in [0, 0.05) is 12.2 Å². The van der Waals surface area contributed by atoms with E-state index < -0.39 is 5.54 Å². The normalized spacial score (nSPS) is 15.8. The van der Waals surface area contributed by atoms with Gasteiger partial charge in [0.25, 0.3) is 5.91 Å². The van der Waals surface area contributed by atoms with E-state index in [4.69, 9.17) is 17.3 Å². The summed E-state index contributed by atoms with van der Waals surface area (Å²) in [6, 6.07) is 4.84. The first kappa shape index (κ1) is 18.7. The minimum absolute atomic E-state index is 0. The van der Waals surface area contributed by atoms with Crippen molar-refractivity contribution < 1.29 is 9.59 Å².